The number of hydrogen-bond donors (Lipinski definition) is 0. The van der Waals surface area contributed by atoms with Gasteiger partial charge in [-0.25, -0.2) is 0 Å². The van der Waals surface area contributed by atoms with Crippen molar-refractivity contribution in [3.63, 3.8) is 0 Å². The predicted octanol–water partition coefficient (Wildman–Crippen LogP) is 6.21. The fraction of sp³-hybridized carbons (Fsp3) is 0.920. The van der Waals surface area contributed by atoms with E-state index in [2.05, 4.69) is 27.7 Å². The Balaban J connectivity index is 1.81. The van der Waals surface area contributed by atoms with E-state index in [0.29, 0.717) is 0 Å². The van der Waals surface area contributed by atoms with Gasteiger partial charge in [0.15, 0.2) is 0 Å². The Kier molecular flexibility index (Phi) is 7.32. The van der Waals surface area contributed by atoms with Gasteiger partial charge in [0.1, 0.15) is 11.2 Å². The number of rotatable bonds is 8. The molecule has 3 saturated carbocycles. The second-order valence-corrected chi connectivity index (χ2v) is 9.95. The Morgan fingerprint density at radius 1 is 0.690 bits per heavy atom. The number of carbonyl (C=O) groups excluding carboxylic acids is 2. The van der Waals surface area contributed by atoms with Gasteiger partial charge in [-0.2, -0.15) is 0 Å². The Morgan fingerprint density at radius 2 is 1.03 bits per heavy atom. The van der Waals surface area contributed by atoms with Crippen LogP contribution in [-0.4, -0.2) is 23.1 Å². The van der Waals surface area contributed by atoms with Crippen molar-refractivity contribution in [1.29, 1.82) is 0 Å². The maximum atomic E-state index is 13.5. The van der Waals surface area contributed by atoms with Gasteiger partial charge in [-0.1, -0.05) is 40.5 Å². The molecule has 3 rings (SSSR count). The van der Waals surface area contributed by atoms with E-state index in [4.69, 9.17) is 9.47 Å². The highest BCUT2D eigenvalue weighted by Crippen LogP contribution is 2.49. The SMILES string of the molecule is CCC1CC(CC)C(C(=O)OC2(CC)CCCC2)C1C(=O)OC1(CC)CCCC1. The Hall–Kier alpha value is -1.06. The van der Waals surface area contributed by atoms with Gasteiger partial charge in [-0.15, -0.1) is 0 Å². The van der Waals surface area contributed by atoms with Crippen molar-refractivity contribution in [2.24, 2.45) is 23.7 Å². The molecule has 0 radical (unpaired) electrons. The number of esters is 2. The van der Waals surface area contributed by atoms with Gasteiger partial charge in [0.05, 0.1) is 11.8 Å². The zero-order valence-corrected chi connectivity index (χ0v) is 19.1. The van der Waals surface area contributed by atoms with Gasteiger partial charge >= 0.3 is 11.9 Å². The third-order valence-corrected chi connectivity index (χ3v) is 8.55. The summed E-state index contributed by atoms with van der Waals surface area (Å²) in [6, 6.07) is 0. The summed E-state index contributed by atoms with van der Waals surface area (Å²) in [5.41, 5.74) is -0.603. The van der Waals surface area contributed by atoms with E-state index in [-0.39, 0.29) is 46.8 Å². The van der Waals surface area contributed by atoms with Crippen molar-refractivity contribution < 1.29 is 19.1 Å². The molecular formula is C25H42O4. The van der Waals surface area contributed by atoms with Crippen LogP contribution >= 0.6 is 0 Å². The molecule has 0 N–H and O–H groups in total. The van der Waals surface area contributed by atoms with Crippen LogP contribution in [0.3, 0.4) is 0 Å². The van der Waals surface area contributed by atoms with Gasteiger partial charge in [0.2, 0.25) is 0 Å². The van der Waals surface area contributed by atoms with Crippen molar-refractivity contribution in [3.05, 3.63) is 0 Å². The van der Waals surface area contributed by atoms with Crippen molar-refractivity contribution in [2.75, 3.05) is 0 Å². The standard InChI is InChI=1S/C25H42O4/c1-5-18-17-19(6-2)21(23(27)29-25(8-4)15-11-12-16-25)20(18)22(26)28-24(7-3)13-9-10-14-24/h18-21H,5-17H2,1-4H3. The van der Waals surface area contributed by atoms with Gasteiger partial charge in [0.25, 0.3) is 0 Å². The molecule has 0 spiro atoms. The predicted molar refractivity (Wildman–Crippen MR) is 114 cm³/mol. The second kappa shape index (κ2) is 9.39. The molecule has 0 heterocycles. The molecular weight excluding hydrogens is 364 g/mol. The van der Waals surface area contributed by atoms with Crippen molar-refractivity contribution in [2.45, 2.75) is 122 Å². The molecule has 0 aliphatic heterocycles. The van der Waals surface area contributed by atoms with Gasteiger partial charge in [-0.3, -0.25) is 9.59 Å². The van der Waals surface area contributed by atoms with E-state index in [1.807, 2.05) is 0 Å². The number of carbonyl (C=O) groups is 2. The van der Waals surface area contributed by atoms with Crippen molar-refractivity contribution >= 4 is 11.9 Å². The first-order valence-electron chi connectivity index (χ1n) is 12.4. The summed E-state index contributed by atoms with van der Waals surface area (Å²) in [7, 11) is 0. The molecule has 3 fully saturated rings. The average molecular weight is 407 g/mol. The molecule has 0 amide bonds. The molecule has 0 aromatic heterocycles. The van der Waals surface area contributed by atoms with Gasteiger partial charge in [-0.05, 0) is 82.5 Å². The molecule has 3 aliphatic rings. The Labute approximate surface area is 177 Å². The third-order valence-electron chi connectivity index (χ3n) is 8.55. The lowest BCUT2D eigenvalue weighted by atomic mass is 9.84. The highest BCUT2D eigenvalue weighted by Gasteiger charge is 2.53. The van der Waals surface area contributed by atoms with Crippen LogP contribution in [0.2, 0.25) is 0 Å². The molecule has 4 nitrogen and oxygen atoms in total. The largest absolute Gasteiger partial charge is 0.459 e. The van der Waals surface area contributed by atoms with Crippen LogP contribution < -0.4 is 0 Å². The van der Waals surface area contributed by atoms with Crippen molar-refractivity contribution in [3.8, 4) is 0 Å². The average Bonchev–Trinajstić information content (AvgIpc) is 3.46. The monoisotopic (exact) mass is 406 g/mol. The van der Waals surface area contributed by atoms with E-state index in [1.54, 1.807) is 0 Å². The minimum absolute atomic E-state index is 0.129. The van der Waals surface area contributed by atoms with E-state index < -0.39 is 0 Å². The molecule has 4 unspecified atom stereocenters. The summed E-state index contributed by atoms with van der Waals surface area (Å²) in [6.45, 7) is 8.52. The molecule has 166 valence electrons. The minimum atomic E-state index is -0.336. The number of ether oxygens (including phenoxy) is 2. The fourth-order valence-corrected chi connectivity index (χ4v) is 6.44. The topological polar surface area (TPSA) is 52.6 Å². The molecule has 3 aliphatic carbocycles. The Bertz CT molecular complexity index is 521. The smallest absolute Gasteiger partial charge is 0.310 e. The zero-order valence-electron chi connectivity index (χ0n) is 19.1. The lowest BCUT2D eigenvalue weighted by molar-refractivity contribution is -0.179. The molecule has 4 heteroatoms. The molecule has 0 bridgehead atoms. The van der Waals surface area contributed by atoms with Crippen LogP contribution in [0.5, 0.6) is 0 Å². The van der Waals surface area contributed by atoms with Crippen LogP contribution in [0.1, 0.15) is 111 Å². The zero-order chi connectivity index (χ0) is 21.1. The Morgan fingerprint density at radius 3 is 1.31 bits per heavy atom. The first-order chi connectivity index (χ1) is 13.9. The summed E-state index contributed by atoms with van der Waals surface area (Å²) in [5.74, 6) is -0.484. The molecule has 0 saturated heterocycles. The normalized spacial score (nSPS) is 33.0. The highest BCUT2D eigenvalue weighted by atomic mass is 16.6. The third kappa shape index (κ3) is 4.51. The van der Waals surface area contributed by atoms with E-state index >= 15 is 0 Å². The molecule has 29 heavy (non-hydrogen) atoms. The second-order valence-electron chi connectivity index (χ2n) is 9.95. The lowest BCUT2D eigenvalue weighted by Gasteiger charge is -2.34. The maximum absolute atomic E-state index is 13.5. The summed E-state index contributed by atoms with van der Waals surface area (Å²) in [6.07, 6.45) is 12.9. The summed E-state index contributed by atoms with van der Waals surface area (Å²) in [5, 5.41) is 0. The van der Waals surface area contributed by atoms with Crippen molar-refractivity contribution in [1.82, 2.24) is 0 Å². The first-order valence-corrected chi connectivity index (χ1v) is 12.4. The summed E-state index contributed by atoms with van der Waals surface area (Å²) >= 11 is 0. The lowest BCUT2D eigenvalue weighted by Crippen LogP contribution is -2.42. The van der Waals surface area contributed by atoms with Crippen LogP contribution in [0.4, 0.5) is 0 Å². The summed E-state index contributed by atoms with van der Waals surface area (Å²) < 4.78 is 12.4. The maximum Gasteiger partial charge on any atom is 0.310 e. The molecule has 4 atom stereocenters. The highest BCUT2D eigenvalue weighted by molar-refractivity contribution is 5.84. The molecule has 0 aromatic carbocycles. The quantitative estimate of drug-likeness (QED) is 0.450. The van der Waals surface area contributed by atoms with Gasteiger partial charge in [0, 0.05) is 0 Å². The van der Waals surface area contributed by atoms with Crippen LogP contribution in [0.15, 0.2) is 0 Å². The van der Waals surface area contributed by atoms with E-state index in [1.165, 1.54) is 0 Å². The van der Waals surface area contributed by atoms with E-state index in [9.17, 15) is 9.59 Å². The van der Waals surface area contributed by atoms with Crippen LogP contribution in [0.25, 0.3) is 0 Å². The number of hydrogen-bond acceptors (Lipinski definition) is 4. The van der Waals surface area contributed by atoms with Gasteiger partial charge < -0.3 is 9.47 Å². The van der Waals surface area contributed by atoms with Crippen LogP contribution in [0, 0.1) is 23.7 Å². The van der Waals surface area contributed by atoms with E-state index in [0.717, 1.165) is 83.5 Å². The summed E-state index contributed by atoms with van der Waals surface area (Å²) in [4.78, 5) is 26.9. The minimum Gasteiger partial charge on any atom is -0.459 e. The molecule has 0 aromatic rings. The fourth-order valence-electron chi connectivity index (χ4n) is 6.44. The van der Waals surface area contributed by atoms with Crippen LogP contribution in [-0.2, 0) is 19.1 Å². The first kappa shape index (κ1) is 22.6.